The van der Waals surface area contributed by atoms with Crippen molar-refractivity contribution in [3.8, 4) is 0 Å². The van der Waals surface area contributed by atoms with Crippen molar-refractivity contribution in [2.75, 3.05) is 26.4 Å². The molecule has 1 aliphatic rings. The van der Waals surface area contributed by atoms with Gasteiger partial charge >= 0.3 is 0 Å². The van der Waals surface area contributed by atoms with Crippen molar-refractivity contribution in [1.82, 2.24) is 14.8 Å². The smallest absolute Gasteiger partial charge is 0.233 e. The summed E-state index contributed by atoms with van der Waals surface area (Å²) in [6.45, 7) is 1.80. The van der Waals surface area contributed by atoms with E-state index in [2.05, 4.69) is 53.1 Å². The highest BCUT2D eigenvalue weighted by Gasteiger charge is 2.29. The molecule has 0 radical (unpaired) electrons. The summed E-state index contributed by atoms with van der Waals surface area (Å²) in [5.74, 6) is 0.709. The molecule has 1 amide bonds. The van der Waals surface area contributed by atoms with Gasteiger partial charge in [-0.15, -0.1) is 11.8 Å². The maximum atomic E-state index is 12.7. The molecule has 1 aliphatic heterocycles. The third-order valence-corrected chi connectivity index (χ3v) is 5.45. The summed E-state index contributed by atoms with van der Waals surface area (Å²) < 4.78 is 0. The minimum atomic E-state index is 0.221. The standard InChI is InChI=1S/C20H25N3OS/c1-22(2)14-16-5-7-17(8-6-16)19-4-3-13-23(19)20(24)15-25-18-9-11-21-12-10-18/h5-12,19H,3-4,13-15H2,1-2H3/t19-/m1/s1. The summed E-state index contributed by atoms with van der Waals surface area (Å²) in [6, 6.07) is 12.9. The highest BCUT2D eigenvalue weighted by atomic mass is 32.2. The number of likely N-dealkylation sites (tertiary alicyclic amines) is 1. The van der Waals surface area contributed by atoms with Crippen LogP contribution in [0.3, 0.4) is 0 Å². The number of carbonyl (C=O) groups excluding carboxylic acids is 1. The van der Waals surface area contributed by atoms with E-state index in [-0.39, 0.29) is 11.9 Å². The van der Waals surface area contributed by atoms with E-state index in [0.29, 0.717) is 5.75 Å². The number of carbonyl (C=O) groups is 1. The molecule has 0 N–H and O–H groups in total. The number of rotatable bonds is 6. The molecule has 0 aliphatic carbocycles. The molecule has 2 heterocycles. The first-order valence-corrected chi connectivity index (χ1v) is 9.68. The molecule has 1 saturated heterocycles. The van der Waals surface area contributed by atoms with Crippen LogP contribution in [0.2, 0.25) is 0 Å². The Hall–Kier alpha value is -1.85. The second-order valence-electron chi connectivity index (χ2n) is 6.70. The Morgan fingerprint density at radius 1 is 1.20 bits per heavy atom. The van der Waals surface area contributed by atoms with Gasteiger partial charge in [0.05, 0.1) is 11.8 Å². The molecular weight excluding hydrogens is 330 g/mol. The van der Waals surface area contributed by atoms with Crippen LogP contribution in [0.5, 0.6) is 0 Å². The number of nitrogens with zero attached hydrogens (tertiary/aromatic N) is 3. The number of pyridine rings is 1. The zero-order valence-corrected chi connectivity index (χ0v) is 15.7. The number of hydrogen-bond donors (Lipinski definition) is 0. The second kappa shape index (κ2) is 8.50. The number of hydrogen-bond acceptors (Lipinski definition) is 4. The van der Waals surface area contributed by atoms with E-state index in [1.165, 1.54) is 11.1 Å². The fourth-order valence-corrected chi connectivity index (χ4v) is 4.05. The molecule has 0 saturated carbocycles. The van der Waals surface area contributed by atoms with Crippen molar-refractivity contribution < 1.29 is 4.79 Å². The van der Waals surface area contributed by atoms with Gasteiger partial charge in [-0.1, -0.05) is 24.3 Å². The van der Waals surface area contributed by atoms with E-state index in [0.717, 1.165) is 30.8 Å². The lowest BCUT2D eigenvalue weighted by Crippen LogP contribution is -2.32. The highest BCUT2D eigenvalue weighted by molar-refractivity contribution is 8.00. The first-order valence-electron chi connectivity index (χ1n) is 8.69. The molecule has 25 heavy (non-hydrogen) atoms. The van der Waals surface area contributed by atoms with Crippen LogP contribution in [0.25, 0.3) is 0 Å². The third-order valence-electron chi connectivity index (χ3n) is 4.45. The largest absolute Gasteiger partial charge is 0.335 e. The quantitative estimate of drug-likeness (QED) is 0.742. The monoisotopic (exact) mass is 355 g/mol. The van der Waals surface area contributed by atoms with Gasteiger partial charge in [-0.3, -0.25) is 9.78 Å². The van der Waals surface area contributed by atoms with Gasteiger partial charge in [-0.2, -0.15) is 0 Å². The zero-order valence-electron chi connectivity index (χ0n) is 14.9. The van der Waals surface area contributed by atoms with Gasteiger partial charge in [0.15, 0.2) is 0 Å². The maximum absolute atomic E-state index is 12.7. The Bertz CT molecular complexity index is 688. The predicted octanol–water partition coefficient (Wildman–Crippen LogP) is 3.60. The summed E-state index contributed by atoms with van der Waals surface area (Å²) in [4.78, 5) is 22.0. The minimum absolute atomic E-state index is 0.221. The van der Waals surface area contributed by atoms with E-state index in [4.69, 9.17) is 0 Å². The molecule has 1 aromatic carbocycles. The Kier molecular flexibility index (Phi) is 6.10. The van der Waals surface area contributed by atoms with Crippen molar-refractivity contribution >= 4 is 17.7 Å². The van der Waals surface area contributed by atoms with Gasteiger partial charge < -0.3 is 9.80 Å². The van der Waals surface area contributed by atoms with Gasteiger partial charge in [-0.25, -0.2) is 0 Å². The summed E-state index contributed by atoms with van der Waals surface area (Å²) in [7, 11) is 4.15. The van der Waals surface area contributed by atoms with E-state index >= 15 is 0 Å². The Balaban J connectivity index is 1.62. The van der Waals surface area contributed by atoms with E-state index in [9.17, 15) is 4.79 Å². The summed E-state index contributed by atoms with van der Waals surface area (Å²) in [6.07, 6.45) is 5.66. The van der Waals surface area contributed by atoms with Gasteiger partial charge in [0.2, 0.25) is 5.91 Å². The predicted molar refractivity (Wildman–Crippen MR) is 102 cm³/mol. The summed E-state index contributed by atoms with van der Waals surface area (Å²) in [5, 5.41) is 0. The van der Waals surface area contributed by atoms with Crippen LogP contribution >= 0.6 is 11.8 Å². The van der Waals surface area contributed by atoms with Crippen LogP contribution in [0, 0.1) is 0 Å². The molecule has 0 unspecified atom stereocenters. The van der Waals surface area contributed by atoms with Crippen molar-refractivity contribution in [3.63, 3.8) is 0 Å². The Labute approximate surface area is 154 Å². The fraction of sp³-hybridized carbons (Fsp3) is 0.400. The summed E-state index contributed by atoms with van der Waals surface area (Å²) in [5.41, 5.74) is 2.56. The number of thioether (sulfide) groups is 1. The van der Waals surface area contributed by atoms with Gasteiger partial charge in [-0.05, 0) is 50.2 Å². The van der Waals surface area contributed by atoms with Gasteiger partial charge in [0, 0.05) is 30.4 Å². The normalized spacial score (nSPS) is 17.2. The minimum Gasteiger partial charge on any atom is -0.335 e. The van der Waals surface area contributed by atoms with Crippen molar-refractivity contribution in [2.24, 2.45) is 0 Å². The Morgan fingerprint density at radius 2 is 1.92 bits per heavy atom. The number of amides is 1. The van der Waals surface area contributed by atoms with E-state index < -0.39 is 0 Å². The van der Waals surface area contributed by atoms with Crippen LogP contribution in [0.15, 0.2) is 53.7 Å². The van der Waals surface area contributed by atoms with Crippen molar-refractivity contribution in [1.29, 1.82) is 0 Å². The maximum Gasteiger partial charge on any atom is 0.233 e. The lowest BCUT2D eigenvalue weighted by atomic mass is 10.0. The molecule has 132 valence electrons. The molecule has 1 atom stereocenters. The molecule has 5 heteroatoms. The Morgan fingerprint density at radius 3 is 2.60 bits per heavy atom. The molecular formula is C20H25N3OS. The van der Waals surface area contributed by atoms with Crippen molar-refractivity contribution in [3.05, 3.63) is 59.9 Å². The molecule has 1 fully saturated rings. The zero-order chi connectivity index (χ0) is 17.6. The molecule has 0 bridgehead atoms. The van der Waals surface area contributed by atoms with Crippen molar-refractivity contribution in [2.45, 2.75) is 30.3 Å². The molecule has 2 aromatic rings. The lowest BCUT2D eigenvalue weighted by Gasteiger charge is -2.25. The average Bonchev–Trinajstić information content (AvgIpc) is 3.10. The first-order chi connectivity index (χ1) is 12.1. The molecule has 1 aromatic heterocycles. The average molecular weight is 356 g/mol. The topological polar surface area (TPSA) is 36.4 Å². The van der Waals surface area contributed by atoms with Crippen LogP contribution in [-0.2, 0) is 11.3 Å². The van der Waals surface area contributed by atoms with E-state index in [1.807, 2.05) is 12.1 Å². The lowest BCUT2D eigenvalue weighted by molar-refractivity contribution is -0.129. The number of benzene rings is 1. The van der Waals surface area contributed by atoms with Crippen LogP contribution < -0.4 is 0 Å². The van der Waals surface area contributed by atoms with Crippen LogP contribution in [0.4, 0.5) is 0 Å². The SMILES string of the molecule is CN(C)Cc1ccc([C@H]2CCCN2C(=O)CSc2ccncc2)cc1. The first kappa shape index (κ1) is 18.0. The van der Waals surface area contributed by atoms with E-state index in [1.54, 1.807) is 24.2 Å². The molecule has 0 spiro atoms. The number of aromatic nitrogens is 1. The summed E-state index contributed by atoms with van der Waals surface area (Å²) >= 11 is 1.59. The molecule has 3 rings (SSSR count). The van der Waals surface area contributed by atoms with Gasteiger partial charge in [0.1, 0.15) is 0 Å². The fourth-order valence-electron chi connectivity index (χ4n) is 3.28. The van der Waals surface area contributed by atoms with Crippen LogP contribution in [0.1, 0.15) is 30.0 Å². The van der Waals surface area contributed by atoms with Gasteiger partial charge in [0.25, 0.3) is 0 Å². The second-order valence-corrected chi connectivity index (χ2v) is 7.74. The third kappa shape index (κ3) is 4.83. The molecule has 4 nitrogen and oxygen atoms in total. The van der Waals surface area contributed by atoms with Crippen LogP contribution in [-0.4, -0.2) is 47.1 Å². The highest BCUT2D eigenvalue weighted by Crippen LogP contribution is 2.33.